The largest absolute Gasteiger partial charge is 0.383 e. The molecule has 0 aliphatic carbocycles. The Kier molecular flexibility index (Phi) is 4.70. The van der Waals surface area contributed by atoms with Gasteiger partial charge in [0.1, 0.15) is 0 Å². The lowest BCUT2D eigenvalue weighted by Gasteiger charge is -2.26. The highest BCUT2D eigenvalue weighted by Gasteiger charge is 2.26. The van der Waals surface area contributed by atoms with Crippen LogP contribution in [-0.2, 0) is 4.74 Å². The van der Waals surface area contributed by atoms with Crippen molar-refractivity contribution in [3.8, 4) is 0 Å². The molecule has 0 bridgehead atoms. The number of hydrogen-bond donors (Lipinski definition) is 1. The first-order valence-electron chi connectivity index (χ1n) is 5.24. The Labute approximate surface area is 81.2 Å². The predicted molar refractivity (Wildman–Crippen MR) is 54.7 cm³/mol. The number of nitrogens with zero attached hydrogens (tertiary/aromatic N) is 1. The maximum absolute atomic E-state index is 5.65. The van der Waals surface area contributed by atoms with Gasteiger partial charge in [-0.25, -0.2) is 0 Å². The number of likely N-dealkylation sites (tertiary alicyclic amines) is 1. The van der Waals surface area contributed by atoms with Crippen LogP contribution >= 0.6 is 0 Å². The van der Waals surface area contributed by atoms with Crippen LogP contribution in [0.4, 0.5) is 0 Å². The summed E-state index contributed by atoms with van der Waals surface area (Å²) in [4.78, 5) is 2.51. The van der Waals surface area contributed by atoms with E-state index in [1.807, 2.05) is 0 Å². The van der Waals surface area contributed by atoms with Crippen LogP contribution in [0, 0.1) is 5.92 Å². The molecular weight excluding hydrogens is 164 g/mol. The van der Waals surface area contributed by atoms with Crippen molar-refractivity contribution >= 4 is 0 Å². The van der Waals surface area contributed by atoms with E-state index in [0.717, 1.165) is 13.2 Å². The van der Waals surface area contributed by atoms with Crippen molar-refractivity contribution in [3.05, 3.63) is 0 Å². The zero-order chi connectivity index (χ0) is 9.68. The molecule has 1 aliphatic rings. The quantitative estimate of drug-likeness (QED) is 0.686. The summed E-state index contributed by atoms with van der Waals surface area (Å²) in [5.74, 6) is 0.714. The standard InChI is InChI=1S/C10H22N2O/c1-3-10(8-13-2)12-5-4-9(6-11)7-12/h9-10H,3-8,11H2,1-2H3. The topological polar surface area (TPSA) is 38.5 Å². The molecule has 1 fully saturated rings. The third-order valence-corrected chi connectivity index (χ3v) is 3.00. The third kappa shape index (κ3) is 2.93. The molecule has 0 radical (unpaired) electrons. The van der Waals surface area contributed by atoms with Gasteiger partial charge in [0.2, 0.25) is 0 Å². The van der Waals surface area contributed by atoms with Gasteiger partial charge < -0.3 is 10.5 Å². The van der Waals surface area contributed by atoms with Crippen LogP contribution in [0.5, 0.6) is 0 Å². The Balaban J connectivity index is 2.33. The summed E-state index contributed by atoms with van der Waals surface area (Å²) in [6, 6.07) is 0.599. The first-order chi connectivity index (χ1) is 6.31. The van der Waals surface area contributed by atoms with Crippen molar-refractivity contribution in [1.29, 1.82) is 0 Å². The molecule has 1 saturated heterocycles. The van der Waals surface area contributed by atoms with E-state index in [4.69, 9.17) is 10.5 Å². The molecule has 0 aromatic rings. The molecule has 1 heterocycles. The fourth-order valence-electron chi connectivity index (χ4n) is 2.06. The van der Waals surface area contributed by atoms with Crippen LogP contribution < -0.4 is 5.73 Å². The summed E-state index contributed by atoms with van der Waals surface area (Å²) in [5.41, 5.74) is 5.65. The van der Waals surface area contributed by atoms with Crippen molar-refractivity contribution < 1.29 is 4.74 Å². The molecule has 0 amide bonds. The van der Waals surface area contributed by atoms with E-state index < -0.39 is 0 Å². The van der Waals surface area contributed by atoms with E-state index >= 15 is 0 Å². The van der Waals surface area contributed by atoms with Crippen LogP contribution in [0.25, 0.3) is 0 Å². The number of rotatable bonds is 5. The summed E-state index contributed by atoms with van der Waals surface area (Å²) < 4.78 is 5.20. The Hall–Kier alpha value is -0.120. The van der Waals surface area contributed by atoms with Gasteiger partial charge in [0.05, 0.1) is 6.61 Å². The Morgan fingerprint density at radius 3 is 2.85 bits per heavy atom. The predicted octanol–water partition coefficient (Wildman–Crippen LogP) is 0.692. The van der Waals surface area contributed by atoms with Crippen molar-refractivity contribution in [2.24, 2.45) is 11.7 Å². The molecule has 1 aliphatic heterocycles. The minimum absolute atomic E-state index is 0.599. The molecular formula is C10H22N2O. The van der Waals surface area contributed by atoms with Gasteiger partial charge in [-0.2, -0.15) is 0 Å². The Bertz CT molecular complexity index is 141. The highest BCUT2D eigenvalue weighted by Crippen LogP contribution is 2.18. The zero-order valence-corrected chi connectivity index (χ0v) is 8.83. The average Bonchev–Trinajstić information content (AvgIpc) is 2.62. The molecule has 0 saturated carbocycles. The molecule has 3 heteroatoms. The molecule has 2 N–H and O–H groups in total. The lowest BCUT2D eigenvalue weighted by Crippen LogP contribution is -2.36. The van der Waals surface area contributed by atoms with Crippen molar-refractivity contribution in [3.63, 3.8) is 0 Å². The normalized spacial score (nSPS) is 26.5. The SMILES string of the molecule is CCC(COC)N1CCC(CN)C1. The van der Waals surface area contributed by atoms with E-state index in [1.54, 1.807) is 7.11 Å². The summed E-state index contributed by atoms with van der Waals surface area (Å²) in [5, 5.41) is 0. The minimum Gasteiger partial charge on any atom is -0.383 e. The molecule has 3 nitrogen and oxygen atoms in total. The zero-order valence-electron chi connectivity index (χ0n) is 8.83. The number of hydrogen-bond acceptors (Lipinski definition) is 3. The van der Waals surface area contributed by atoms with Crippen molar-refractivity contribution in [2.75, 3.05) is 33.4 Å². The summed E-state index contributed by atoms with van der Waals surface area (Å²) in [6.45, 7) is 6.27. The molecule has 0 aromatic carbocycles. The van der Waals surface area contributed by atoms with Crippen molar-refractivity contribution in [1.82, 2.24) is 4.90 Å². The van der Waals surface area contributed by atoms with Gasteiger partial charge in [-0.05, 0) is 31.8 Å². The minimum atomic E-state index is 0.599. The number of nitrogens with two attached hydrogens (primary N) is 1. The van der Waals surface area contributed by atoms with Crippen molar-refractivity contribution in [2.45, 2.75) is 25.8 Å². The molecule has 0 aromatic heterocycles. The van der Waals surface area contributed by atoms with Crippen LogP contribution in [0.1, 0.15) is 19.8 Å². The van der Waals surface area contributed by atoms with Gasteiger partial charge in [0.15, 0.2) is 0 Å². The second-order valence-electron chi connectivity index (χ2n) is 3.90. The van der Waals surface area contributed by atoms with Crippen LogP contribution in [0.15, 0.2) is 0 Å². The lowest BCUT2D eigenvalue weighted by atomic mass is 10.1. The molecule has 2 unspecified atom stereocenters. The molecule has 2 atom stereocenters. The van der Waals surface area contributed by atoms with Crippen LogP contribution in [0.3, 0.4) is 0 Å². The molecule has 78 valence electrons. The number of ether oxygens (including phenoxy) is 1. The van der Waals surface area contributed by atoms with Crippen LogP contribution in [-0.4, -0.2) is 44.3 Å². The Morgan fingerprint density at radius 1 is 1.62 bits per heavy atom. The Morgan fingerprint density at radius 2 is 2.38 bits per heavy atom. The van der Waals surface area contributed by atoms with E-state index in [0.29, 0.717) is 12.0 Å². The maximum Gasteiger partial charge on any atom is 0.0617 e. The summed E-state index contributed by atoms with van der Waals surface area (Å²) in [7, 11) is 1.78. The smallest absolute Gasteiger partial charge is 0.0617 e. The van der Waals surface area contributed by atoms with Gasteiger partial charge in [0.25, 0.3) is 0 Å². The summed E-state index contributed by atoms with van der Waals surface area (Å²) in [6.07, 6.45) is 2.43. The van der Waals surface area contributed by atoms with Gasteiger partial charge in [-0.3, -0.25) is 4.90 Å². The maximum atomic E-state index is 5.65. The van der Waals surface area contributed by atoms with E-state index in [9.17, 15) is 0 Å². The van der Waals surface area contributed by atoms with Gasteiger partial charge in [0, 0.05) is 19.7 Å². The lowest BCUT2D eigenvalue weighted by molar-refractivity contribution is 0.101. The van der Waals surface area contributed by atoms with E-state index in [1.165, 1.54) is 25.9 Å². The molecule has 0 spiro atoms. The van der Waals surface area contributed by atoms with Crippen LogP contribution in [0.2, 0.25) is 0 Å². The first kappa shape index (κ1) is 11.0. The van der Waals surface area contributed by atoms with Gasteiger partial charge in [-0.1, -0.05) is 6.92 Å². The van der Waals surface area contributed by atoms with E-state index in [2.05, 4.69) is 11.8 Å². The molecule has 13 heavy (non-hydrogen) atoms. The highest BCUT2D eigenvalue weighted by molar-refractivity contribution is 4.81. The third-order valence-electron chi connectivity index (χ3n) is 3.00. The first-order valence-corrected chi connectivity index (χ1v) is 5.24. The van der Waals surface area contributed by atoms with Gasteiger partial charge >= 0.3 is 0 Å². The fraction of sp³-hybridized carbons (Fsp3) is 1.00. The average molecular weight is 186 g/mol. The van der Waals surface area contributed by atoms with E-state index in [-0.39, 0.29) is 0 Å². The summed E-state index contributed by atoms with van der Waals surface area (Å²) >= 11 is 0. The highest BCUT2D eigenvalue weighted by atomic mass is 16.5. The monoisotopic (exact) mass is 186 g/mol. The fourth-order valence-corrected chi connectivity index (χ4v) is 2.06. The second kappa shape index (κ2) is 5.58. The number of methoxy groups -OCH3 is 1. The van der Waals surface area contributed by atoms with Gasteiger partial charge in [-0.15, -0.1) is 0 Å². The molecule has 1 rings (SSSR count). The second-order valence-corrected chi connectivity index (χ2v) is 3.90.